The first-order valence-corrected chi connectivity index (χ1v) is 21.5. The maximum atomic E-state index is 12.9. The molecular weight excluding hydrogens is 800 g/mol. The van der Waals surface area contributed by atoms with Crippen molar-refractivity contribution in [2.75, 3.05) is 13.2 Å². The summed E-state index contributed by atoms with van der Waals surface area (Å²) in [5.41, 5.74) is 0. The van der Waals surface area contributed by atoms with Gasteiger partial charge in [-0.15, -0.1) is 0 Å². The lowest BCUT2D eigenvalue weighted by Crippen LogP contribution is -2.64. The highest BCUT2D eigenvalue weighted by Gasteiger charge is 2.54. The minimum atomic E-state index is -5.39. The van der Waals surface area contributed by atoms with E-state index in [2.05, 4.69) is 82.5 Å². The topological polar surface area (TPSA) is 291 Å². The molecule has 1 rings (SSSR count). The summed E-state index contributed by atoms with van der Waals surface area (Å²) in [6, 6.07) is 0. The zero-order valence-electron chi connectivity index (χ0n) is 32.8. The van der Waals surface area contributed by atoms with Crippen LogP contribution in [0.15, 0.2) is 0 Å². The standard InChI is InChI=1S/C39H52O16P2.H3N.11H2/c1-3-5-7-9-11-13-15-16-18-20-22-24-26-28-33(41)53-31(29-51-32(40)27-25-23-21-19-17-14-12-10-8-6-4-2)30-52-57(49,50)55-39-36(44)34(42)35(43)38(37(39)45)54-56(46,47)48;;;;;;;;;;;;/h31,34-39,42-45H,3,5,7,9,11,13,15-16,18,20,22,24,26,28-30H2,1-2H3,(H,49,50)(H2,46,47,48);1H3;11*1H/t31-,34-,35+,36?,37+,38?,39?;;;;;;;;;;;;/m1............/s1. The number of rotatable bonds is 24. The molecule has 58 heavy (non-hydrogen) atoms. The average Bonchev–Trinajstić information content (AvgIpc) is 3.16. The number of carbonyl (C=O) groups is 2. The fraction of sp³-hybridized carbons (Fsp3) is 0.641. The van der Waals surface area contributed by atoms with Crippen LogP contribution in [0.4, 0.5) is 0 Å². The molecule has 0 heterocycles. The monoisotopic (exact) mass is 877 g/mol. The van der Waals surface area contributed by atoms with Crippen LogP contribution >= 0.6 is 15.6 Å². The lowest BCUT2D eigenvalue weighted by atomic mass is 9.85. The summed E-state index contributed by atoms with van der Waals surface area (Å²) in [6.45, 7) is 2.15. The first-order chi connectivity index (χ1) is 27.1. The summed E-state index contributed by atoms with van der Waals surface area (Å²) >= 11 is 0. The third-order valence-corrected chi connectivity index (χ3v) is 9.52. The van der Waals surface area contributed by atoms with E-state index >= 15 is 0 Å². The van der Waals surface area contributed by atoms with Crippen LogP contribution in [0.25, 0.3) is 0 Å². The molecule has 0 aromatic carbocycles. The second-order valence-electron chi connectivity index (χ2n) is 12.7. The molecule has 8 atom stereocenters. The van der Waals surface area contributed by atoms with Crippen LogP contribution in [-0.4, -0.2) is 103 Å². The third-order valence-electron chi connectivity index (χ3n) is 8.02. The molecule has 0 aromatic rings. The predicted octanol–water partition coefficient (Wildman–Crippen LogP) is 5.27. The highest BCUT2D eigenvalue weighted by atomic mass is 31.2. The van der Waals surface area contributed by atoms with Crippen molar-refractivity contribution in [3.63, 3.8) is 0 Å². The Hall–Kier alpha value is -3.68. The van der Waals surface area contributed by atoms with Gasteiger partial charge < -0.3 is 50.7 Å². The quantitative estimate of drug-likeness (QED) is 0.0201. The first-order valence-electron chi connectivity index (χ1n) is 18.5. The Kier molecular flexibility index (Phi) is 29.3. The van der Waals surface area contributed by atoms with Crippen molar-refractivity contribution in [3.8, 4) is 71.0 Å². The van der Waals surface area contributed by atoms with Crippen molar-refractivity contribution in [1.29, 1.82) is 0 Å². The molecule has 1 saturated carbocycles. The summed E-state index contributed by atoms with van der Waals surface area (Å²) < 4.78 is 48.4. The number of hydrogen-bond donors (Lipinski definition) is 8. The van der Waals surface area contributed by atoms with E-state index < -0.39 is 83.5 Å². The van der Waals surface area contributed by atoms with Gasteiger partial charge in [0.15, 0.2) is 6.10 Å². The molecule has 1 aliphatic carbocycles. The Morgan fingerprint density at radius 1 is 0.621 bits per heavy atom. The van der Waals surface area contributed by atoms with E-state index in [4.69, 9.17) is 28.3 Å². The summed E-state index contributed by atoms with van der Waals surface area (Å²) in [5, 5.41) is 40.9. The fourth-order valence-electron chi connectivity index (χ4n) is 5.20. The van der Waals surface area contributed by atoms with E-state index in [1.54, 1.807) is 6.92 Å². The van der Waals surface area contributed by atoms with Crippen LogP contribution < -0.4 is 6.15 Å². The molecule has 0 aliphatic heterocycles. The molecule has 0 bridgehead atoms. The van der Waals surface area contributed by atoms with Gasteiger partial charge >= 0.3 is 27.6 Å². The number of phosphoric acid groups is 2. The van der Waals surface area contributed by atoms with Gasteiger partial charge in [-0.25, -0.2) is 13.9 Å². The summed E-state index contributed by atoms with van der Waals surface area (Å²) in [6.07, 6.45) is -1.05. The van der Waals surface area contributed by atoms with E-state index in [9.17, 15) is 44.0 Å². The van der Waals surface area contributed by atoms with Gasteiger partial charge in [-0.2, -0.15) is 0 Å². The number of ether oxygens (including phenoxy) is 2. The maximum absolute atomic E-state index is 12.9. The molecule has 0 saturated heterocycles. The van der Waals surface area contributed by atoms with E-state index in [1.807, 2.05) is 0 Å². The molecular formula is C39H77NO16P2. The highest BCUT2D eigenvalue weighted by molar-refractivity contribution is 7.47. The Labute approximate surface area is 357 Å². The van der Waals surface area contributed by atoms with Gasteiger partial charge in [0.25, 0.3) is 0 Å². The second kappa shape index (κ2) is 31.3. The van der Waals surface area contributed by atoms with E-state index in [-0.39, 0.29) is 28.3 Å². The van der Waals surface area contributed by atoms with Gasteiger partial charge in [0.2, 0.25) is 0 Å². The second-order valence-corrected chi connectivity index (χ2v) is 15.3. The normalized spacial score (nSPS) is 20.8. The fourth-order valence-corrected chi connectivity index (χ4v) is 6.74. The molecule has 0 spiro atoms. The minimum Gasteiger partial charge on any atom is -0.456 e. The third kappa shape index (κ3) is 25.6. The van der Waals surface area contributed by atoms with Gasteiger partial charge in [0.1, 0.15) is 43.2 Å². The van der Waals surface area contributed by atoms with Gasteiger partial charge in [0, 0.05) is 28.0 Å². The number of aliphatic hydroxyl groups is 4. The van der Waals surface area contributed by atoms with Crippen LogP contribution in [0.3, 0.4) is 0 Å². The Morgan fingerprint density at radius 3 is 1.55 bits per heavy atom. The number of carbonyl (C=O) groups excluding carboxylic acids is 2. The molecule has 17 nitrogen and oxygen atoms in total. The zero-order chi connectivity index (χ0) is 42.5. The van der Waals surface area contributed by atoms with Gasteiger partial charge in [-0.3, -0.25) is 18.4 Å². The van der Waals surface area contributed by atoms with Gasteiger partial charge in [-0.05, 0) is 72.5 Å². The van der Waals surface area contributed by atoms with Gasteiger partial charge in [-0.1, -0.05) is 89.9 Å². The summed E-state index contributed by atoms with van der Waals surface area (Å²) in [7, 11) is -10.8. The van der Waals surface area contributed by atoms with E-state index in [0.717, 1.165) is 32.1 Å². The van der Waals surface area contributed by atoms with Crippen molar-refractivity contribution < 1.29 is 92.6 Å². The minimum absolute atomic E-state index is 0. The molecule has 10 N–H and O–H groups in total. The maximum Gasteiger partial charge on any atom is 0.472 e. The molecule has 1 fully saturated rings. The highest BCUT2D eigenvalue weighted by Crippen LogP contribution is 2.49. The number of esters is 2. The first kappa shape index (κ1) is 54.3. The molecule has 4 unspecified atom stereocenters. The number of aliphatic hydroxyl groups excluding tert-OH is 4. The molecule has 1 aliphatic rings. The summed E-state index contributed by atoms with van der Waals surface area (Å²) in [5.74, 6) is 26.6. The average molecular weight is 878 g/mol. The van der Waals surface area contributed by atoms with E-state index in [1.165, 1.54) is 44.9 Å². The molecule has 0 aromatic heterocycles. The molecule has 0 amide bonds. The van der Waals surface area contributed by atoms with E-state index in [0.29, 0.717) is 6.42 Å². The molecule has 19 heteroatoms. The van der Waals surface area contributed by atoms with Crippen LogP contribution in [0.2, 0.25) is 0 Å². The van der Waals surface area contributed by atoms with Crippen LogP contribution in [0.5, 0.6) is 0 Å². The summed E-state index contributed by atoms with van der Waals surface area (Å²) in [4.78, 5) is 53.5. The zero-order valence-corrected chi connectivity index (χ0v) is 34.6. The van der Waals surface area contributed by atoms with Crippen LogP contribution in [-0.2, 0) is 41.8 Å². The Balaban J connectivity index is -0.000000271. The Morgan fingerprint density at radius 2 is 1.07 bits per heavy atom. The SMILES string of the molecule is CC#CC#CC#CC#CC#CC#CC(=O)OC[C@H](COP(=O)(O)OC1C(O)[C@H](O)[C@H](O)C(OP(=O)(O)O)[C@@H]1O)OC(=O)CCCCCCCCCCCCCCC.N.[HH].[HH].[HH].[HH].[HH].[HH].[HH].[HH].[HH].[HH].[HH]. The van der Waals surface area contributed by atoms with Crippen LogP contribution in [0, 0.1) is 71.0 Å². The number of hydrogen-bond acceptors (Lipinski definition) is 14. The largest absolute Gasteiger partial charge is 0.472 e. The smallest absolute Gasteiger partial charge is 0.456 e. The molecule has 344 valence electrons. The van der Waals surface area contributed by atoms with Crippen molar-refractivity contribution in [3.05, 3.63) is 0 Å². The van der Waals surface area contributed by atoms with Crippen LogP contribution in [0.1, 0.15) is 119 Å². The number of phosphoric ester groups is 2. The molecule has 0 radical (unpaired) electrons. The van der Waals surface area contributed by atoms with Gasteiger partial charge in [0.05, 0.1) is 6.61 Å². The van der Waals surface area contributed by atoms with Crippen molar-refractivity contribution in [2.24, 2.45) is 0 Å². The van der Waals surface area contributed by atoms with Crippen molar-refractivity contribution in [2.45, 2.75) is 146 Å². The van der Waals surface area contributed by atoms with Crippen molar-refractivity contribution in [1.82, 2.24) is 6.15 Å². The Bertz CT molecular complexity index is 1790. The van der Waals surface area contributed by atoms with Crippen molar-refractivity contribution >= 4 is 27.6 Å². The lowest BCUT2D eigenvalue weighted by molar-refractivity contribution is -0.216. The predicted molar refractivity (Wildman–Crippen MR) is 233 cm³/mol. The lowest BCUT2D eigenvalue weighted by Gasteiger charge is -2.43. The number of unbranched alkanes of at least 4 members (excludes halogenated alkanes) is 12.